The summed E-state index contributed by atoms with van der Waals surface area (Å²) in [6, 6.07) is 1.11. The summed E-state index contributed by atoms with van der Waals surface area (Å²) in [6.07, 6.45) is 0.343. The molecule has 6 nitrogen and oxygen atoms in total. The number of hydrogen-bond acceptors (Lipinski definition) is 6. The molecule has 1 aliphatic rings. The largest absolute Gasteiger partial charge is 0.312 e. The van der Waals surface area contributed by atoms with Crippen molar-refractivity contribution in [3.63, 3.8) is 0 Å². The van der Waals surface area contributed by atoms with Gasteiger partial charge in [-0.3, -0.25) is 0 Å². The topological polar surface area (TPSA) is 92.3 Å². The molecule has 2 rings (SSSR count). The molecule has 1 aromatic rings. The monoisotopic (exact) mass is 338 g/mol. The Bertz CT molecular complexity index is 664. The molecule has 9 heteroatoms. The fourth-order valence-corrected chi connectivity index (χ4v) is 6.31. The van der Waals surface area contributed by atoms with Crippen LogP contribution in [-0.2, 0) is 26.4 Å². The van der Waals surface area contributed by atoms with Gasteiger partial charge in [-0.25, -0.2) is 21.6 Å². The van der Waals surface area contributed by atoms with Gasteiger partial charge in [0, 0.05) is 22.8 Å². The Labute approximate surface area is 123 Å². The number of sulfonamides is 1. The average molecular weight is 338 g/mol. The van der Waals surface area contributed by atoms with Crippen molar-refractivity contribution in [2.75, 3.05) is 18.1 Å². The molecule has 1 aromatic heterocycles. The van der Waals surface area contributed by atoms with Crippen molar-refractivity contribution in [3.8, 4) is 0 Å². The van der Waals surface area contributed by atoms with E-state index in [4.69, 9.17) is 0 Å². The van der Waals surface area contributed by atoms with Gasteiger partial charge >= 0.3 is 0 Å². The summed E-state index contributed by atoms with van der Waals surface area (Å²) in [6.45, 7) is 3.43. The summed E-state index contributed by atoms with van der Waals surface area (Å²) >= 11 is 1.37. The lowest BCUT2D eigenvalue weighted by Gasteiger charge is -2.10. The van der Waals surface area contributed by atoms with Gasteiger partial charge in [0.2, 0.25) is 10.0 Å². The summed E-state index contributed by atoms with van der Waals surface area (Å²) in [5.41, 5.74) is 0. The molecule has 1 unspecified atom stereocenters. The predicted octanol–water partition coefficient (Wildman–Crippen LogP) is 0.323. The maximum absolute atomic E-state index is 12.2. The van der Waals surface area contributed by atoms with Crippen LogP contribution in [0, 0.1) is 0 Å². The zero-order chi connectivity index (χ0) is 14.8. The molecular formula is C11H18N2O4S3. The van der Waals surface area contributed by atoms with Gasteiger partial charge in [0.05, 0.1) is 16.4 Å². The summed E-state index contributed by atoms with van der Waals surface area (Å²) in [7, 11) is -6.72. The van der Waals surface area contributed by atoms with Gasteiger partial charge in [0.15, 0.2) is 9.84 Å². The van der Waals surface area contributed by atoms with Crippen LogP contribution in [0.15, 0.2) is 16.3 Å². The molecule has 1 aliphatic heterocycles. The third-order valence-corrected chi connectivity index (χ3v) is 7.40. The Kier molecular flexibility index (Phi) is 4.85. The highest BCUT2D eigenvalue weighted by Crippen LogP contribution is 2.21. The zero-order valence-electron chi connectivity index (χ0n) is 11.1. The molecule has 1 fully saturated rings. The molecule has 0 aromatic carbocycles. The minimum absolute atomic E-state index is 0.0511. The molecule has 0 bridgehead atoms. The molecule has 1 saturated heterocycles. The summed E-state index contributed by atoms with van der Waals surface area (Å²) in [4.78, 5) is 1.14. The van der Waals surface area contributed by atoms with Crippen LogP contribution < -0.4 is 10.0 Å². The van der Waals surface area contributed by atoms with E-state index < -0.39 is 25.9 Å². The first-order valence-corrected chi connectivity index (χ1v) is 10.5. The summed E-state index contributed by atoms with van der Waals surface area (Å²) in [5.74, 6) is -0.0594. The molecule has 114 valence electrons. The van der Waals surface area contributed by atoms with E-state index in [0.717, 1.165) is 11.4 Å². The first-order valence-electron chi connectivity index (χ1n) is 6.33. The van der Waals surface area contributed by atoms with Crippen molar-refractivity contribution < 1.29 is 16.8 Å². The average Bonchev–Trinajstić information content (AvgIpc) is 2.93. The smallest absolute Gasteiger partial charge is 0.241 e. The van der Waals surface area contributed by atoms with Gasteiger partial charge in [0.1, 0.15) is 0 Å². The number of nitrogens with one attached hydrogen (secondary N) is 2. The van der Waals surface area contributed by atoms with E-state index in [1.54, 1.807) is 11.4 Å². The van der Waals surface area contributed by atoms with Crippen LogP contribution >= 0.6 is 11.3 Å². The summed E-state index contributed by atoms with van der Waals surface area (Å²) in [5, 5.41) is 4.71. The maximum Gasteiger partial charge on any atom is 0.241 e. The van der Waals surface area contributed by atoms with E-state index in [2.05, 4.69) is 10.0 Å². The van der Waals surface area contributed by atoms with Crippen molar-refractivity contribution >= 4 is 31.2 Å². The molecule has 2 heterocycles. The van der Waals surface area contributed by atoms with Crippen LogP contribution in [-0.4, -0.2) is 40.9 Å². The fourth-order valence-electron chi connectivity index (χ4n) is 2.02. The van der Waals surface area contributed by atoms with Gasteiger partial charge in [0.25, 0.3) is 0 Å². The second kappa shape index (κ2) is 6.10. The Morgan fingerprint density at radius 2 is 2.20 bits per heavy atom. The van der Waals surface area contributed by atoms with Gasteiger partial charge in [-0.2, -0.15) is 0 Å². The lowest BCUT2D eigenvalue weighted by Crippen LogP contribution is -2.35. The number of thiophene rings is 1. The standard InChI is InChI=1S/C11H18N2O4S3/c1-2-12-6-10-5-11(7-18-10)20(16,17)13-9-3-4-19(14,15)8-9/h5,7,9,12-13H,2-4,6,8H2,1H3. The lowest BCUT2D eigenvalue weighted by atomic mass is 10.3. The van der Waals surface area contributed by atoms with Gasteiger partial charge in [-0.1, -0.05) is 6.92 Å². The number of hydrogen-bond donors (Lipinski definition) is 2. The maximum atomic E-state index is 12.2. The van der Waals surface area contributed by atoms with E-state index in [-0.39, 0.29) is 16.4 Å². The SMILES string of the molecule is CCNCc1cc(S(=O)(=O)NC2CCS(=O)(=O)C2)cs1. The van der Waals surface area contributed by atoms with Crippen LogP contribution in [0.5, 0.6) is 0 Å². The Balaban J connectivity index is 2.05. The minimum Gasteiger partial charge on any atom is -0.312 e. The van der Waals surface area contributed by atoms with Crippen molar-refractivity contribution in [2.24, 2.45) is 0 Å². The summed E-state index contributed by atoms with van der Waals surface area (Å²) < 4.78 is 49.5. The third kappa shape index (κ3) is 4.01. The highest BCUT2D eigenvalue weighted by Gasteiger charge is 2.31. The van der Waals surface area contributed by atoms with E-state index in [1.807, 2.05) is 6.92 Å². The van der Waals surface area contributed by atoms with Gasteiger partial charge in [-0.15, -0.1) is 11.3 Å². The first-order chi connectivity index (χ1) is 9.32. The molecule has 2 N–H and O–H groups in total. The highest BCUT2D eigenvalue weighted by molar-refractivity contribution is 7.92. The number of rotatable bonds is 6. The molecular weight excluding hydrogens is 320 g/mol. The second-order valence-corrected chi connectivity index (χ2v) is 9.69. The van der Waals surface area contributed by atoms with E-state index in [9.17, 15) is 16.8 Å². The van der Waals surface area contributed by atoms with E-state index in [1.165, 1.54) is 11.3 Å². The Morgan fingerprint density at radius 1 is 1.45 bits per heavy atom. The van der Waals surface area contributed by atoms with Crippen LogP contribution in [0.25, 0.3) is 0 Å². The molecule has 20 heavy (non-hydrogen) atoms. The molecule has 0 spiro atoms. The zero-order valence-corrected chi connectivity index (χ0v) is 13.6. The van der Waals surface area contributed by atoms with Gasteiger partial charge in [-0.05, 0) is 19.0 Å². The van der Waals surface area contributed by atoms with Crippen molar-refractivity contribution in [1.29, 1.82) is 0 Å². The Morgan fingerprint density at radius 3 is 2.80 bits per heavy atom. The van der Waals surface area contributed by atoms with Crippen LogP contribution in [0.1, 0.15) is 18.2 Å². The predicted molar refractivity (Wildman–Crippen MR) is 79.1 cm³/mol. The molecule has 1 atom stereocenters. The van der Waals surface area contributed by atoms with Crippen molar-refractivity contribution in [2.45, 2.75) is 30.8 Å². The molecule has 0 aliphatic carbocycles. The number of sulfone groups is 1. The second-order valence-electron chi connectivity index (χ2n) is 4.75. The lowest BCUT2D eigenvalue weighted by molar-refractivity contribution is 0.562. The van der Waals surface area contributed by atoms with E-state index >= 15 is 0 Å². The van der Waals surface area contributed by atoms with Crippen LogP contribution in [0.4, 0.5) is 0 Å². The third-order valence-electron chi connectivity index (χ3n) is 3.04. The van der Waals surface area contributed by atoms with E-state index in [0.29, 0.717) is 13.0 Å². The highest BCUT2D eigenvalue weighted by atomic mass is 32.2. The van der Waals surface area contributed by atoms with Gasteiger partial charge < -0.3 is 5.32 Å². The molecule has 0 saturated carbocycles. The Hall–Kier alpha value is -0.480. The molecule has 0 radical (unpaired) electrons. The van der Waals surface area contributed by atoms with Crippen LogP contribution in [0.2, 0.25) is 0 Å². The first kappa shape index (κ1) is 15.9. The van der Waals surface area contributed by atoms with Crippen LogP contribution in [0.3, 0.4) is 0 Å². The van der Waals surface area contributed by atoms with Crippen molar-refractivity contribution in [1.82, 2.24) is 10.0 Å². The van der Waals surface area contributed by atoms with Crippen molar-refractivity contribution in [3.05, 3.63) is 16.3 Å². The normalized spacial score (nSPS) is 22.1. The fraction of sp³-hybridized carbons (Fsp3) is 0.636. The minimum atomic E-state index is -3.63. The molecule has 0 amide bonds. The quantitative estimate of drug-likeness (QED) is 0.779.